The molecule has 0 saturated heterocycles. The van der Waals surface area contributed by atoms with Crippen molar-refractivity contribution in [3.05, 3.63) is 132 Å². The molecule has 0 atom stereocenters. The minimum Gasteiger partial charge on any atom is -0.456 e. The first-order chi connectivity index (χ1) is 18.7. The molecule has 3 nitrogen and oxygen atoms in total. The highest BCUT2D eigenvalue weighted by Crippen LogP contribution is 2.42. The third-order valence-electron chi connectivity index (χ3n) is 7.03. The zero-order valence-electron chi connectivity index (χ0n) is 20.4. The van der Waals surface area contributed by atoms with Gasteiger partial charge in [-0.1, -0.05) is 48.5 Å². The molecule has 1 heterocycles. The number of hydrogen-bond donors (Lipinski definition) is 1. The Bertz CT molecular complexity index is 1880. The van der Waals surface area contributed by atoms with Crippen LogP contribution in [-0.2, 0) is 0 Å². The quantitative estimate of drug-likeness (QED) is 0.174. The number of anilines is 4. The van der Waals surface area contributed by atoms with Gasteiger partial charge in [-0.15, -0.1) is 0 Å². The van der Waals surface area contributed by atoms with Crippen LogP contribution in [0.4, 0.5) is 22.7 Å². The van der Waals surface area contributed by atoms with Gasteiger partial charge in [0.1, 0.15) is 28.4 Å². The van der Waals surface area contributed by atoms with Crippen molar-refractivity contribution >= 4 is 71.2 Å². The number of rotatable bonds is 4. The highest BCUT2D eigenvalue weighted by atomic mass is 79.9. The fourth-order valence-electron chi connectivity index (χ4n) is 5.24. The summed E-state index contributed by atoms with van der Waals surface area (Å²) in [5.41, 5.74) is 16.4. The molecule has 0 fully saturated rings. The van der Waals surface area contributed by atoms with E-state index in [1.54, 1.807) is 0 Å². The maximum absolute atomic E-state index is 6.30. The van der Waals surface area contributed by atoms with Gasteiger partial charge in [-0.05, 0) is 82.2 Å². The summed E-state index contributed by atoms with van der Waals surface area (Å²) < 4.78 is 6.96. The minimum absolute atomic E-state index is 0.738. The molecule has 0 amide bonds. The van der Waals surface area contributed by atoms with Gasteiger partial charge in [-0.25, -0.2) is 0 Å². The number of nitrogens with two attached hydrogens (primary N) is 1. The smallest absolute Gasteiger partial charge is 0.191 e. The highest BCUT2D eigenvalue weighted by molar-refractivity contribution is 9.15. The average Bonchev–Trinajstić information content (AvgIpc) is 3.33. The second-order valence-corrected chi connectivity index (χ2v) is 10.1. The lowest BCUT2D eigenvalue weighted by Gasteiger charge is -2.25. The largest absolute Gasteiger partial charge is 0.456 e. The summed E-state index contributed by atoms with van der Waals surface area (Å²) in [6.07, 6.45) is 7.20. The lowest BCUT2D eigenvalue weighted by Crippen LogP contribution is -2.09. The maximum Gasteiger partial charge on any atom is 0.191 e. The van der Waals surface area contributed by atoms with E-state index in [1.807, 2.05) is 30.3 Å². The number of furan rings is 1. The van der Waals surface area contributed by atoms with E-state index in [1.165, 1.54) is 0 Å². The van der Waals surface area contributed by atoms with E-state index in [-0.39, 0.29) is 0 Å². The van der Waals surface area contributed by atoms with Crippen molar-refractivity contribution in [2.75, 3.05) is 10.6 Å². The van der Waals surface area contributed by atoms with Crippen LogP contribution in [0.1, 0.15) is 11.1 Å². The summed E-state index contributed by atoms with van der Waals surface area (Å²) in [4.78, 5) is 2.28. The van der Waals surface area contributed by atoms with E-state index in [0.717, 1.165) is 71.4 Å². The van der Waals surface area contributed by atoms with Gasteiger partial charge >= 0.3 is 0 Å². The first-order valence-electron chi connectivity index (χ1n) is 12.4. The number of para-hydroxylation sites is 2. The third-order valence-corrected chi connectivity index (χ3v) is 7.65. The van der Waals surface area contributed by atoms with Gasteiger partial charge in [0.05, 0.1) is 17.8 Å². The Hall–Kier alpha value is -4.63. The first-order valence-corrected chi connectivity index (χ1v) is 13.2. The fourth-order valence-corrected chi connectivity index (χ4v) is 5.82. The fraction of sp³-hybridized carbons (Fsp3) is 0. The number of halogens is 1. The van der Waals surface area contributed by atoms with Crippen molar-refractivity contribution in [2.45, 2.75) is 0 Å². The van der Waals surface area contributed by atoms with Crippen LogP contribution < -0.4 is 10.6 Å². The molecule has 1 aromatic heterocycles. The van der Waals surface area contributed by atoms with Crippen LogP contribution in [0.5, 0.6) is 0 Å². The number of nitrogens with zero attached hydrogens (tertiary/aromatic N) is 1. The van der Waals surface area contributed by atoms with Crippen molar-refractivity contribution in [3.63, 3.8) is 0 Å². The predicted octanol–water partition coefficient (Wildman–Crippen LogP) is 9.87. The van der Waals surface area contributed by atoms with Gasteiger partial charge in [-0.2, -0.15) is 0 Å². The van der Waals surface area contributed by atoms with Crippen LogP contribution in [-0.4, -0.2) is 0 Å². The first kappa shape index (κ1) is 22.6. The summed E-state index contributed by atoms with van der Waals surface area (Å²) in [5, 5.41) is 2.22. The summed E-state index contributed by atoms with van der Waals surface area (Å²) >= 11 is 3.62. The van der Waals surface area contributed by atoms with Crippen molar-refractivity contribution in [1.29, 1.82) is 0 Å². The molecule has 180 valence electrons. The Labute approximate surface area is 229 Å². The monoisotopic (exact) mass is 553 g/mol. The van der Waals surface area contributed by atoms with Crippen LogP contribution in [0, 0.1) is 6.08 Å². The van der Waals surface area contributed by atoms with E-state index in [2.05, 4.69) is 118 Å². The van der Waals surface area contributed by atoms with E-state index >= 15 is 0 Å². The van der Waals surface area contributed by atoms with Gasteiger partial charge in [0, 0.05) is 33.4 Å². The van der Waals surface area contributed by atoms with Gasteiger partial charge in [0.15, 0.2) is 4.48 Å². The van der Waals surface area contributed by atoms with E-state index in [0.29, 0.717) is 0 Å². The number of hydrogen-bond acceptors (Lipinski definition) is 3. The van der Waals surface area contributed by atoms with E-state index in [4.69, 9.17) is 10.2 Å². The molecule has 0 unspecified atom stereocenters. The lowest BCUT2D eigenvalue weighted by atomic mass is 9.91. The number of fused-ring (bicyclic) bond motifs is 4. The number of nitrogen functional groups attached to an aromatic ring is 1. The maximum atomic E-state index is 6.30. The van der Waals surface area contributed by atoms with E-state index < -0.39 is 0 Å². The lowest BCUT2D eigenvalue weighted by molar-refractivity contribution is 0.669. The molecule has 0 saturated carbocycles. The molecule has 0 aliphatic heterocycles. The molecular weight excluding hydrogens is 532 g/mol. The molecule has 0 bridgehead atoms. The molecule has 38 heavy (non-hydrogen) atoms. The summed E-state index contributed by atoms with van der Waals surface area (Å²) in [7, 11) is 0. The zero-order valence-corrected chi connectivity index (χ0v) is 21.9. The Balaban J connectivity index is 1.35. The number of benzene rings is 5. The van der Waals surface area contributed by atoms with Crippen molar-refractivity contribution in [1.82, 2.24) is 0 Å². The van der Waals surface area contributed by atoms with Crippen LogP contribution >= 0.6 is 15.9 Å². The van der Waals surface area contributed by atoms with Crippen molar-refractivity contribution in [2.24, 2.45) is 0 Å². The Kier molecular flexibility index (Phi) is 5.36. The molecule has 0 radical (unpaired) electrons. The number of allylic oxidation sites excluding steroid dienone is 2. The molecule has 7 rings (SSSR count). The predicted molar refractivity (Wildman–Crippen MR) is 163 cm³/mol. The van der Waals surface area contributed by atoms with Gasteiger partial charge in [0.2, 0.25) is 0 Å². The average molecular weight is 554 g/mol. The Morgan fingerprint density at radius 3 is 2.24 bits per heavy atom. The molecule has 1 aliphatic carbocycles. The van der Waals surface area contributed by atoms with E-state index in [9.17, 15) is 0 Å². The van der Waals surface area contributed by atoms with Gasteiger partial charge in [0.25, 0.3) is 0 Å². The highest BCUT2D eigenvalue weighted by Gasteiger charge is 2.24. The second kappa shape index (κ2) is 9.04. The molecule has 1 aliphatic rings. The molecule has 6 aromatic rings. The van der Waals surface area contributed by atoms with Crippen LogP contribution in [0.15, 0.2) is 120 Å². The normalized spacial score (nSPS) is 12.3. The Morgan fingerprint density at radius 2 is 1.39 bits per heavy atom. The summed E-state index contributed by atoms with van der Waals surface area (Å²) in [6, 6.07) is 37.8. The van der Waals surface area contributed by atoms with Crippen molar-refractivity contribution < 1.29 is 4.42 Å². The molecule has 0 spiro atoms. The SMILES string of the molecule is Nc1ccc(-c2ccc(N(c3ccccc3)c3ccc4oc5ccccc5c4c3)cc2)c2c1C(Br)=[C+]C=C2. The topological polar surface area (TPSA) is 42.4 Å². The summed E-state index contributed by atoms with van der Waals surface area (Å²) in [5.74, 6) is 0. The summed E-state index contributed by atoms with van der Waals surface area (Å²) in [6.45, 7) is 0. The van der Waals surface area contributed by atoms with Crippen LogP contribution in [0.2, 0.25) is 0 Å². The van der Waals surface area contributed by atoms with Gasteiger partial charge < -0.3 is 15.1 Å². The minimum atomic E-state index is 0.738. The molecule has 5 aromatic carbocycles. The van der Waals surface area contributed by atoms with Crippen molar-refractivity contribution in [3.8, 4) is 11.1 Å². The molecule has 2 N–H and O–H groups in total. The molecule has 4 heteroatoms. The second-order valence-electron chi connectivity index (χ2n) is 9.28. The molecular formula is C34H22BrN2O+. The Morgan fingerprint density at radius 1 is 0.684 bits per heavy atom. The standard InChI is InChI=1S/C34H22BrN2O/c35-30-11-6-10-28-26(18-19-31(36)34(28)30)22-13-15-24(16-14-22)37(23-7-2-1-3-8-23)25-17-20-33-29(21-25)27-9-4-5-12-32(27)38-33/h1-10,12-21H,36H2/q+1. The van der Waals surface area contributed by atoms with Gasteiger partial charge in [-0.3, -0.25) is 0 Å². The zero-order chi connectivity index (χ0) is 25.6. The van der Waals surface area contributed by atoms with Crippen LogP contribution in [0.25, 0.3) is 43.6 Å². The van der Waals surface area contributed by atoms with Crippen LogP contribution in [0.3, 0.4) is 0 Å². The third kappa shape index (κ3) is 3.71.